The van der Waals surface area contributed by atoms with Crippen LogP contribution in [0.2, 0.25) is 0 Å². The van der Waals surface area contributed by atoms with E-state index in [4.69, 9.17) is 14.3 Å². The molecule has 118 valence electrons. The Morgan fingerprint density at radius 3 is 2.86 bits per heavy atom. The van der Waals surface area contributed by atoms with Crippen LogP contribution in [-0.2, 0) is 14.8 Å². The number of ether oxygens (including phenoxy) is 1. The fourth-order valence-corrected chi connectivity index (χ4v) is 3.34. The van der Waals surface area contributed by atoms with Crippen LogP contribution in [0.25, 0.3) is 0 Å². The Morgan fingerprint density at radius 2 is 2.29 bits per heavy atom. The van der Waals surface area contributed by atoms with Crippen molar-refractivity contribution in [2.24, 2.45) is 11.1 Å². The molecule has 1 aliphatic heterocycles. The number of sulfonamides is 1. The van der Waals surface area contributed by atoms with Gasteiger partial charge >= 0.3 is 0 Å². The zero-order valence-corrected chi connectivity index (χ0v) is 13.0. The summed E-state index contributed by atoms with van der Waals surface area (Å²) in [4.78, 5) is 13.9. The first-order valence-electron chi connectivity index (χ1n) is 6.74. The van der Waals surface area contributed by atoms with Gasteiger partial charge in [-0.05, 0) is 25.7 Å². The van der Waals surface area contributed by atoms with Gasteiger partial charge in [-0.2, -0.15) is 0 Å². The van der Waals surface area contributed by atoms with E-state index in [-0.39, 0.29) is 22.3 Å². The minimum absolute atomic E-state index is 0.00888. The van der Waals surface area contributed by atoms with Gasteiger partial charge in [0.2, 0.25) is 10.0 Å². The number of primary sulfonamides is 1. The van der Waals surface area contributed by atoms with E-state index in [9.17, 15) is 13.2 Å². The number of nitrogens with two attached hydrogens (primary N) is 1. The molecule has 21 heavy (non-hydrogen) atoms. The molecule has 0 spiro atoms. The summed E-state index contributed by atoms with van der Waals surface area (Å²) < 4.78 is 33.2. The second kappa shape index (κ2) is 6.17. The van der Waals surface area contributed by atoms with Gasteiger partial charge in [0.1, 0.15) is 10.7 Å². The Kier molecular flexibility index (Phi) is 4.70. The number of nitrogens with zero attached hydrogens (tertiary/aromatic N) is 1. The molecule has 2 heterocycles. The Balaban J connectivity index is 2.17. The second-order valence-electron chi connectivity index (χ2n) is 5.29. The van der Waals surface area contributed by atoms with Crippen molar-refractivity contribution in [1.82, 2.24) is 4.90 Å². The summed E-state index contributed by atoms with van der Waals surface area (Å²) in [6.07, 6.45) is 1.90. The molecule has 0 radical (unpaired) electrons. The van der Waals surface area contributed by atoms with Crippen molar-refractivity contribution >= 4 is 15.9 Å². The maximum atomic E-state index is 12.4. The van der Waals surface area contributed by atoms with E-state index in [1.54, 1.807) is 12.0 Å². The Hall–Kier alpha value is -1.38. The Labute approximate surface area is 124 Å². The molecule has 0 saturated carbocycles. The van der Waals surface area contributed by atoms with Crippen LogP contribution in [0.4, 0.5) is 0 Å². The molecule has 1 saturated heterocycles. The van der Waals surface area contributed by atoms with E-state index in [0.29, 0.717) is 25.6 Å². The van der Waals surface area contributed by atoms with E-state index in [1.807, 2.05) is 0 Å². The number of likely N-dealkylation sites (tertiary alicyclic amines) is 1. The third kappa shape index (κ3) is 3.63. The van der Waals surface area contributed by atoms with E-state index in [1.165, 1.54) is 13.0 Å². The van der Waals surface area contributed by atoms with Gasteiger partial charge in [0.25, 0.3) is 5.91 Å². The molecule has 1 aromatic rings. The molecule has 8 heteroatoms. The third-order valence-corrected chi connectivity index (χ3v) is 4.62. The highest BCUT2D eigenvalue weighted by atomic mass is 32.2. The number of amides is 1. The topological polar surface area (TPSA) is 103 Å². The number of carbonyl (C=O) groups is 1. The fourth-order valence-electron chi connectivity index (χ4n) is 2.63. The van der Waals surface area contributed by atoms with Gasteiger partial charge in [0.05, 0.1) is 6.61 Å². The highest BCUT2D eigenvalue weighted by Gasteiger charge is 2.28. The molecule has 7 nitrogen and oxygen atoms in total. The number of hydrogen-bond donors (Lipinski definition) is 1. The first-order valence-corrected chi connectivity index (χ1v) is 8.29. The molecule has 1 fully saturated rings. The molecule has 1 aromatic heterocycles. The van der Waals surface area contributed by atoms with Gasteiger partial charge in [0, 0.05) is 26.3 Å². The lowest BCUT2D eigenvalue weighted by Crippen LogP contribution is -2.41. The number of piperidine rings is 1. The maximum Gasteiger partial charge on any atom is 0.289 e. The SMILES string of the molecule is COCC1CCCN(C(=O)c2cc(S(N)(=O)=O)c(C)o2)C1. The largest absolute Gasteiger partial charge is 0.455 e. The first-order chi connectivity index (χ1) is 9.82. The molecule has 1 amide bonds. The van der Waals surface area contributed by atoms with Crippen LogP contribution in [-0.4, -0.2) is 46.0 Å². The minimum atomic E-state index is -3.88. The zero-order valence-electron chi connectivity index (χ0n) is 12.2. The van der Waals surface area contributed by atoms with Crippen molar-refractivity contribution in [3.8, 4) is 0 Å². The fraction of sp³-hybridized carbons (Fsp3) is 0.615. The lowest BCUT2D eigenvalue weighted by atomic mass is 9.99. The molecule has 2 rings (SSSR count). The van der Waals surface area contributed by atoms with Crippen molar-refractivity contribution in [3.05, 3.63) is 17.6 Å². The molecule has 2 N–H and O–H groups in total. The summed E-state index contributed by atoms with van der Waals surface area (Å²) >= 11 is 0. The minimum Gasteiger partial charge on any atom is -0.455 e. The first kappa shape index (κ1) is 16.0. The molecular formula is C13H20N2O5S. The van der Waals surface area contributed by atoms with Gasteiger partial charge in [-0.1, -0.05) is 0 Å². The van der Waals surface area contributed by atoms with Crippen LogP contribution >= 0.6 is 0 Å². The molecule has 0 aromatic carbocycles. The molecule has 0 bridgehead atoms. The van der Waals surface area contributed by atoms with Crippen molar-refractivity contribution in [1.29, 1.82) is 0 Å². The summed E-state index contributed by atoms with van der Waals surface area (Å²) in [6, 6.07) is 1.20. The molecular weight excluding hydrogens is 296 g/mol. The van der Waals surface area contributed by atoms with Gasteiger partial charge in [0.15, 0.2) is 5.76 Å². The van der Waals surface area contributed by atoms with E-state index in [2.05, 4.69) is 0 Å². The van der Waals surface area contributed by atoms with Crippen molar-refractivity contribution < 1.29 is 22.4 Å². The quantitative estimate of drug-likeness (QED) is 0.882. The number of aryl methyl sites for hydroxylation is 1. The average molecular weight is 316 g/mol. The van der Waals surface area contributed by atoms with Gasteiger partial charge < -0.3 is 14.1 Å². The maximum absolute atomic E-state index is 12.4. The number of rotatable bonds is 4. The summed E-state index contributed by atoms with van der Waals surface area (Å²) in [7, 11) is -2.25. The summed E-state index contributed by atoms with van der Waals surface area (Å²) in [6.45, 7) is 3.28. The van der Waals surface area contributed by atoms with Crippen LogP contribution in [0.15, 0.2) is 15.4 Å². The molecule has 1 unspecified atom stereocenters. The lowest BCUT2D eigenvalue weighted by Gasteiger charge is -2.31. The standard InChI is InChI=1S/C13H20N2O5S/c1-9-12(21(14,17)18)6-11(20-9)13(16)15-5-3-4-10(7-15)8-19-2/h6,10H,3-5,7-8H2,1-2H3,(H2,14,17,18). The van der Waals surface area contributed by atoms with Gasteiger partial charge in [-0.25, -0.2) is 13.6 Å². The van der Waals surface area contributed by atoms with Crippen LogP contribution in [0.5, 0.6) is 0 Å². The Bertz CT molecular complexity index is 621. The number of hydrogen-bond acceptors (Lipinski definition) is 5. The van der Waals surface area contributed by atoms with Crippen LogP contribution in [0, 0.1) is 12.8 Å². The van der Waals surface area contributed by atoms with Crippen LogP contribution < -0.4 is 5.14 Å². The number of carbonyl (C=O) groups excluding carboxylic acids is 1. The van der Waals surface area contributed by atoms with Crippen molar-refractivity contribution in [3.63, 3.8) is 0 Å². The van der Waals surface area contributed by atoms with E-state index >= 15 is 0 Å². The average Bonchev–Trinajstić information content (AvgIpc) is 2.81. The number of methoxy groups -OCH3 is 1. The Morgan fingerprint density at radius 1 is 1.57 bits per heavy atom. The van der Waals surface area contributed by atoms with E-state index in [0.717, 1.165) is 12.8 Å². The monoisotopic (exact) mass is 316 g/mol. The van der Waals surface area contributed by atoms with Gasteiger partial charge in [-0.3, -0.25) is 4.79 Å². The van der Waals surface area contributed by atoms with Crippen LogP contribution in [0.3, 0.4) is 0 Å². The summed E-state index contributed by atoms with van der Waals surface area (Å²) in [5.41, 5.74) is 0. The smallest absolute Gasteiger partial charge is 0.289 e. The zero-order chi connectivity index (χ0) is 15.6. The second-order valence-corrected chi connectivity index (χ2v) is 6.82. The third-order valence-electron chi connectivity index (χ3n) is 3.60. The summed E-state index contributed by atoms with van der Waals surface area (Å²) in [5.74, 6) is 0.121. The van der Waals surface area contributed by atoms with Crippen molar-refractivity contribution in [2.75, 3.05) is 26.8 Å². The number of furan rings is 1. The summed E-state index contributed by atoms with van der Waals surface area (Å²) in [5, 5.41) is 5.08. The molecule has 1 aliphatic rings. The van der Waals surface area contributed by atoms with E-state index < -0.39 is 10.0 Å². The lowest BCUT2D eigenvalue weighted by molar-refractivity contribution is 0.0542. The normalized spacial score (nSPS) is 19.8. The van der Waals surface area contributed by atoms with Crippen LogP contribution in [0.1, 0.15) is 29.2 Å². The van der Waals surface area contributed by atoms with Gasteiger partial charge in [-0.15, -0.1) is 0 Å². The molecule has 1 atom stereocenters. The van der Waals surface area contributed by atoms with Crippen molar-refractivity contribution in [2.45, 2.75) is 24.7 Å². The predicted molar refractivity (Wildman–Crippen MR) is 75.3 cm³/mol. The highest BCUT2D eigenvalue weighted by molar-refractivity contribution is 7.89. The molecule has 0 aliphatic carbocycles. The highest BCUT2D eigenvalue weighted by Crippen LogP contribution is 2.23. The predicted octanol–water partition coefficient (Wildman–Crippen LogP) is 0.734.